The van der Waals surface area contributed by atoms with Crippen LogP contribution in [-0.4, -0.2) is 28.2 Å². The second-order valence-corrected chi connectivity index (χ2v) is 8.80. The summed E-state index contributed by atoms with van der Waals surface area (Å²) in [6.45, 7) is 1.65. The first kappa shape index (κ1) is 18.2. The molecule has 5 heteroatoms. The van der Waals surface area contributed by atoms with Crippen molar-refractivity contribution in [1.29, 1.82) is 0 Å². The largest absolute Gasteiger partial charge is 0.381 e. The Labute approximate surface area is 160 Å². The molecule has 27 heavy (non-hydrogen) atoms. The molecule has 3 aromatic carbocycles. The Morgan fingerprint density at radius 2 is 1.52 bits per heavy atom. The van der Waals surface area contributed by atoms with Crippen molar-refractivity contribution in [1.82, 2.24) is 4.72 Å². The van der Waals surface area contributed by atoms with Gasteiger partial charge in [-0.15, -0.1) is 0 Å². The number of fused-ring (bicyclic) bond motifs is 1. The molecule has 1 fully saturated rings. The molecular formula is C22H23NO3S. The van der Waals surface area contributed by atoms with Gasteiger partial charge in [0.05, 0.1) is 4.90 Å². The molecule has 0 bridgehead atoms. The van der Waals surface area contributed by atoms with Crippen LogP contribution in [0.4, 0.5) is 0 Å². The molecule has 0 atom stereocenters. The van der Waals surface area contributed by atoms with Crippen LogP contribution in [0.25, 0.3) is 10.8 Å². The number of ether oxygens (including phenoxy) is 1. The van der Waals surface area contributed by atoms with Crippen LogP contribution in [0.15, 0.2) is 77.7 Å². The summed E-state index contributed by atoms with van der Waals surface area (Å²) in [6.07, 6.45) is 1.60. The Bertz CT molecular complexity index is 1020. The number of nitrogens with one attached hydrogen (secondary N) is 1. The summed E-state index contributed by atoms with van der Waals surface area (Å²) in [4.78, 5) is 0.330. The molecule has 3 aromatic rings. The van der Waals surface area contributed by atoms with Crippen LogP contribution in [0, 0.1) is 0 Å². The molecule has 0 spiro atoms. The second-order valence-electron chi connectivity index (χ2n) is 7.06. The van der Waals surface area contributed by atoms with E-state index in [0.717, 1.165) is 29.2 Å². The quantitative estimate of drug-likeness (QED) is 0.730. The topological polar surface area (TPSA) is 55.4 Å². The minimum atomic E-state index is -3.62. The van der Waals surface area contributed by atoms with Crippen LogP contribution in [0.5, 0.6) is 0 Å². The molecule has 0 unspecified atom stereocenters. The standard InChI is InChI=1S/C22H23NO3S/c24-27(25,21-12-6-8-18-7-4-5-11-20(18)21)23-17-22(13-15-26-16-14-22)19-9-2-1-3-10-19/h1-12,23H,13-17H2. The Kier molecular flexibility index (Phi) is 5.00. The third-order valence-corrected chi connectivity index (χ3v) is 6.94. The van der Waals surface area contributed by atoms with Crippen LogP contribution in [0.3, 0.4) is 0 Å². The summed E-state index contributed by atoms with van der Waals surface area (Å²) in [5.41, 5.74) is 0.922. The van der Waals surface area contributed by atoms with E-state index in [9.17, 15) is 8.42 Å². The highest BCUT2D eigenvalue weighted by Crippen LogP contribution is 2.35. The minimum absolute atomic E-state index is 0.239. The van der Waals surface area contributed by atoms with E-state index in [2.05, 4.69) is 16.9 Å². The molecule has 140 valence electrons. The Hall–Kier alpha value is -2.21. The maximum Gasteiger partial charge on any atom is 0.241 e. The molecule has 0 amide bonds. The maximum absolute atomic E-state index is 13.1. The number of hydrogen-bond acceptors (Lipinski definition) is 3. The maximum atomic E-state index is 13.1. The molecule has 1 aliphatic rings. The predicted molar refractivity (Wildman–Crippen MR) is 107 cm³/mol. The molecule has 0 aliphatic carbocycles. The molecule has 1 N–H and O–H groups in total. The summed E-state index contributed by atoms with van der Waals surface area (Å²) in [7, 11) is -3.62. The fourth-order valence-corrected chi connectivity index (χ4v) is 5.22. The minimum Gasteiger partial charge on any atom is -0.381 e. The molecule has 1 aliphatic heterocycles. The van der Waals surface area contributed by atoms with Gasteiger partial charge in [0.2, 0.25) is 10.0 Å². The Morgan fingerprint density at radius 1 is 0.852 bits per heavy atom. The van der Waals surface area contributed by atoms with Crippen molar-refractivity contribution in [3.05, 3.63) is 78.4 Å². The third kappa shape index (κ3) is 3.63. The highest BCUT2D eigenvalue weighted by atomic mass is 32.2. The first-order valence-corrected chi connectivity index (χ1v) is 10.7. The van der Waals surface area contributed by atoms with E-state index in [1.807, 2.05) is 48.5 Å². The monoisotopic (exact) mass is 381 g/mol. The van der Waals surface area contributed by atoms with E-state index in [4.69, 9.17) is 4.74 Å². The number of rotatable bonds is 5. The van der Waals surface area contributed by atoms with Crippen molar-refractivity contribution in [2.24, 2.45) is 0 Å². The first-order valence-electron chi connectivity index (χ1n) is 9.22. The van der Waals surface area contributed by atoms with Crippen LogP contribution < -0.4 is 4.72 Å². The van der Waals surface area contributed by atoms with Crippen molar-refractivity contribution in [3.8, 4) is 0 Å². The Balaban J connectivity index is 1.66. The van der Waals surface area contributed by atoms with E-state index in [-0.39, 0.29) is 5.41 Å². The van der Waals surface area contributed by atoms with Gasteiger partial charge in [0, 0.05) is 30.6 Å². The van der Waals surface area contributed by atoms with Gasteiger partial charge in [0.25, 0.3) is 0 Å². The van der Waals surface area contributed by atoms with Gasteiger partial charge in [-0.25, -0.2) is 13.1 Å². The molecule has 1 heterocycles. The lowest BCUT2D eigenvalue weighted by Gasteiger charge is -2.38. The van der Waals surface area contributed by atoms with Crippen molar-refractivity contribution in [2.75, 3.05) is 19.8 Å². The summed E-state index contributed by atoms with van der Waals surface area (Å²) < 4.78 is 34.7. The summed E-state index contributed by atoms with van der Waals surface area (Å²) in [6, 6.07) is 23.1. The van der Waals surface area contributed by atoms with Crippen LogP contribution in [0.2, 0.25) is 0 Å². The normalized spacial score (nSPS) is 17.0. The predicted octanol–water partition coefficient (Wildman–Crippen LogP) is 3.87. The third-order valence-electron chi connectivity index (χ3n) is 5.48. The number of benzene rings is 3. The van der Waals surface area contributed by atoms with Crippen molar-refractivity contribution in [2.45, 2.75) is 23.2 Å². The first-order chi connectivity index (χ1) is 13.1. The van der Waals surface area contributed by atoms with E-state index in [1.165, 1.54) is 0 Å². The highest BCUT2D eigenvalue weighted by Gasteiger charge is 2.35. The van der Waals surface area contributed by atoms with E-state index in [0.29, 0.717) is 24.7 Å². The summed E-state index contributed by atoms with van der Waals surface area (Å²) in [5, 5.41) is 1.66. The highest BCUT2D eigenvalue weighted by molar-refractivity contribution is 7.89. The molecule has 1 saturated heterocycles. The van der Waals surface area contributed by atoms with Crippen LogP contribution >= 0.6 is 0 Å². The smallest absolute Gasteiger partial charge is 0.241 e. The van der Waals surface area contributed by atoms with Gasteiger partial charge in [-0.1, -0.05) is 66.7 Å². The second kappa shape index (κ2) is 7.43. The molecule has 0 aromatic heterocycles. The average Bonchev–Trinajstić information content (AvgIpc) is 2.73. The SMILES string of the molecule is O=S(=O)(NCC1(c2ccccc2)CCOCC1)c1cccc2ccccc12. The fraction of sp³-hybridized carbons (Fsp3) is 0.273. The lowest BCUT2D eigenvalue weighted by atomic mass is 9.74. The molecule has 4 nitrogen and oxygen atoms in total. The molecule has 0 saturated carbocycles. The number of hydrogen-bond donors (Lipinski definition) is 1. The fourth-order valence-electron chi connectivity index (χ4n) is 3.86. The van der Waals surface area contributed by atoms with Gasteiger partial charge in [0.15, 0.2) is 0 Å². The van der Waals surface area contributed by atoms with Crippen LogP contribution in [-0.2, 0) is 20.2 Å². The van der Waals surface area contributed by atoms with Gasteiger partial charge in [-0.2, -0.15) is 0 Å². The van der Waals surface area contributed by atoms with E-state index < -0.39 is 10.0 Å². The van der Waals surface area contributed by atoms with Gasteiger partial charge in [-0.3, -0.25) is 0 Å². The number of sulfonamides is 1. The Morgan fingerprint density at radius 3 is 2.30 bits per heavy atom. The summed E-state index contributed by atoms with van der Waals surface area (Å²) >= 11 is 0. The zero-order valence-electron chi connectivity index (χ0n) is 15.1. The van der Waals surface area contributed by atoms with E-state index >= 15 is 0 Å². The lowest BCUT2D eigenvalue weighted by molar-refractivity contribution is 0.0517. The van der Waals surface area contributed by atoms with Crippen molar-refractivity contribution in [3.63, 3.8) is 0 Å². The van der Waals surface area contributed by atoms with Gasteiger partial charge >= 0.3 is 0 Å². The van der Waals surface area contributed by atoms with Crippen molar-refractivity contribution < 1.29 is 13.2 Å². The van der Waals surface area contributed by atoms with E-state index in [1.54, 1.807) is 12.1 Å². The molecule has 0 radical (unpaired) electrons. The molecule has 4 rings (SSSR count). The van der Waals surface area contributed by atoms with Crippen LogP contribution in [0.1, 0.15) is 18.4 Å². The zero-order valence-corrected chi connectivity index (χ0v) is 15.9. The molecular weight excluding hydrogens is 358 g/mol. The van der Waals surface area contributed by atoms with Gasteiger partial charge in [-0.05, 0) is 29.9 Å². The average molecular weight is 381 g/mol. The van der Waals surface area contributed by atoms with Gasteiger partial charge < -0.3 is 4.74 Å². The lowest BCUT2D eigenvalue weighted by Crippen LogP contribution is -2.44. The summed E-state index contributed by atoms with van der Waals surface area (Å²) in [5.74, 6) is 0. The van der Waals surface area contributed by atoms with Gasteiger partial charge in [0.1, 0.15) is 0 Å². The zero-order chi connectivity index (χ0) is 18.7. The van der Waals surface area contributed by atoms with Crippen molar-refractivity contribution >= 4 is 20.8 Å².